The Labute approximate surface area is 331 Å². The van der Waals surface area contributed by atoms with Gasteiger partial charge < -0.3 is 51.8 Å². The van der Waals surface area contributed by atoms with Crippen molar-refractivity contribution >= 4 is 24.7 Å². The molecule has 0 heterocycles. The maximum Gasteiger partial charge on any atom is 0.305 e. The Hall–Kier alpha value is -2.27. The van der Waals surface area contributed by atoms with Crippen molar-refractivity contribution in [3.05, 3.63) is 60.7 Å². The topological polar surface area (TPSA) is 119 Å². The third-order valence-electron chi connectivity index (χ3n) is 8.41. The van der Waals surface area contributed by atoms with E-state index in [1.165, 1.54) is 10.4 Å². The van der Waals surface area contributed by atoms with Gasteiger partial charge in [0.2, 0.25) is 0 Å². The minimum absolute atomic E-state index is 0.0592. The van der Waals surface area contributed by atoms with Gasteiger partial charge in [-0.1, -0.05) is 101 Å². The summed E-state index contributed by atoms with van der Waals surface area (Å²) in [6.45, 7) is 18.5. The maximum atomic E-state index is 11.5. The summed E-state index contributed by atoms with van der Waals surface area (Å²) in [5, 5.41) is 2.47. The molecule has 0 saturated carbocycles. The van der Waals surface area contributed by atoms with E-state index >= 15 is 0 Å². The lowest BCUT2D eigenvalue weighted by Gasteiger charge is -2.43. The predicted octanol–water partition coefficient (Wildman–Crippen LogP) is 4.84. The fraction of sp³-hybridized carbons (Fsp3) is 0.690. The molecule has 2 rings (SSSR count). The van der Waals surface area contributed by atoms with Crippen LogP contribution in [0.25, 0.3) is 0 Å². The molecule has 0 spiro atoms. The molecular weight excluding hydrogens is 725 g/mol. The third-order valence-corrected chi connectivity index (χ3v) is 13.5. The lowest BCUT2D eigenvalue weighted by Crippen LogP contribution is -2.66. The molecule has 0 aliphatic carbocycles. The summed E-state index contributed by atoms with van der Waals surface area (Å²) >= 11 is 0. The van der Waals surface area contributed by atoms with E-state index in [9.17, 15) is 4.79 Å². The summed E-state index contributed by atoms with van der Waals surface area (Å²) in [5.41, 5.74) is 0. The average Bonchev–Trinajstić information content (AvgIpc) is 3.18. The number of rotatable bonds is 37. The molecule has 0 radical (unpaired) electrons. The largest absolute Gasteiger partial charge is 0.463 e. The van der Waals surface area contributed by atoms with E-state index in [1.54, 1.807) is 0 Å². The molecule has 0 unspecified atom stereocenters. The fourth-order valence-corrected chi connectivity index (χ4v) is 10.2. The summed E-state index contributed by atoms with van der Waals surface area (Å²) < 4.78 is 62.0. The van der Waals surface area contributed by atoms with E-state index in [-0.39, 0.29) is 17.6 Å². The summed E-state index contributed by atoms with van der Waals surface area (Å²) in [6, 6.07) is 21.3. The minimum Gasteiger partial charge on any atom is -0.463 e. The van der Waals surface area contributed by atoms with E-state index in [2.05, 4.69) is 88.4 Å². The molecule has 0 bridgehead atoms. The molecule has 0 amide bonds. The van der Waals surface area contributed by atoms with Gasteiger partial charge in [0.15, 0.2) is 0 Å². The predicted molar refractivity (Wildman–Crippen MR) is 216 cm³/mol. The van der Waals surface area contributed by atoms with Gasteiger partial charge in [0.05, 0.1) is 126 Å². The molecule has 0 N–H and O–H groups in total. The first-order valence-corrected chi connectivity index (χ1v) is 21.9. The van der Waals surface area contributed by atoms with Crippen molar-refractivity contribution < 1.29 is 56.6 Å². The molecule has 0 aromatic heterocycles. The highest BCUT2D eigenvalue weighted by molar-refractivity contribution is 6.99. The van der Waals surface area contributed by atoms with E-state index in [0.29, 0.717) is 132 Å². The summed E-state index contributed by atoms with van der Waals surface area (Å²) in [6.07, 6.45) is 3.49. The van der Waals surface area contributed by atoms with Gasteiger partial charge in [-0.05, 0) is 21.8 Å². The van der Waals surface area contributed by atoms with Crippen molar-refractivity contribution in [1.82, 2.24) is 0 Å². The van der Waals surface area contributed by atoms with E-state index < -0.39 is 8.32 Å². The Morgan fingerprint density at radius 3 is 1.07 bits per heavy atom. The van der Waals surface area contributed by atoms with Crippen LogP contribution in [0.1, 0.15) is 53.4 Å². The lowest BCUT2D eigenvalue weighted by atomic mass is 10.2. The first-order valence-electron chi connectivity index (χ1n) is 20.0. The third kappa shape index (κ3) is 22.9. The number of carbonyl (C=O) groups is 1. The highest BCUT2D eigenvalue weighted by Crippen LogP contribution is 2.36. The quantitative estimate of drug-likeness (QED) is 0.0530. The fourth-order valence-electron chi connectivity index (χ4n) is 5.68. The molecule has 55 heavy (non-hydrogen) atoms. The van der Waals surface area contributed by atoms with Crippen molar-refractivity contribution in [3.8, 4) is 0 Å². The van der Waals surface area contributed by atoms with Crippen LogP contribution in [0, 0.1) is 0 Å². The van der Waals surface area contributed by atoms with Crippen molar-refractivity contribution in [2.24, 2.45) is 0 Å². The van der Waals surface area contributed by atoms with Gasteiger partial charge in [0.25, 0.3) is 8.32 Å². The van der Waals surface area contributed by atoms with E-state index in [0.717, 1.165) is 19.3 Å². The van der Waals surface area contributed by atoms with Crippen LogP contribution in [0.4, 0.5) is 0 Å². The molecule has 0 saturated heterocycles. The zero-order chi connectivity index (χ0) is 39.6. The van der Waals surface area contributed by atoms with Crippen LogP contribution in [-0.2, 0) is 56.6 Å². The highest BCUT2D eigenvalue weighted by atomic mass is 28.4. The van der Waals surface area contributed by atoms with E-state index in [4.69, 9.17) is 51.8 Å². The van der Waals surface area contributed by atoms with Crippen molar-refractivity contribution in [3.63, 3.8) is 0 Å². The summed E-state index contributed by atoms with van der Waals surface area (Å²) in [5.74, 6) is -0.159. The maximum absolute atomic E-state index is 11.5. The normalized spacial score (nSPS) is 12.0. The summed E-state index contributed by atoms with van der Waals surface area (Å²) in [7, 11) is -2.54. The molecule has 314 valence electrons. The van der Waals surface area contributed by atoms with Crippen LogP contribution in [-0.4, -0.2) is 146 Å². The highest BCUT2D eigenvalue weighted by Gasteiger charge is 2.50. The van der Waals surface area contributed by atoms with Gasteiger partial charge in [0, 0.05) is 6.42 Å². The molecule has 0 aliphatic heterocycles. The Bertz CT molecular complexity index is 1110. The second-order valence-corrected chi connectivity index (χ2v) is 18.0. The van der Waals surface area contributed by atoms with Crippen LogP contribution in [0.15, 0.2) is 60.7 Å². The van der Waals surface area contributed by atoms with Crippen LogP contribution >= 0.6 is 0 Å². The van der Waals surface area contributed by atoms with Gasteiger partial charge >= 0.3 is 5.97 Å². The molecule has 2 aromatic carbocycles. The smallest absolute Gasteiger partial charge is 0.305 e. The second kappa shape index (κ2) is 32.8. The zero-order valence-electron chi connectivity index (χ0n) is 34.1. The van der Waals surface area contributed by atoms with Gasteiger partial charge in [0.1, 0.15) is 6.61 Å². The Balaban J connectivity index is 1.30. The molecule has 0 aliphatic rings. The van der Waals surface area contributed by atoms with Crippen molar-refractivity contribution in [2.75, 3.05) is 132 Å². The van der Waals surface area contributed by atoms with Crippen LogP contribution in [0.2, 0.25) is 5.04 Å². The van der Waals surface area contributed by atoms with Crippen LogP contribution in [0.3, 0.4) is 0 Å². The van der Waals surface area contributed by atoms with Crippen LogP contribution in [0.5, 0.6) is 0 Å². The number of hydrogen-bond acceptors (Lipinski definition) is 12. The molecule has 2 aromatic rings. The van der Waals surface area contributed by atoms with Crippen molar-refractivity contribution in [2.45, 2.75) is 58.4 Å². The lowest BCUT2D eigenvalue weighted by molar-refractivity contribution is -0.145. The number of ether oxygens (including phenoxy) is 10. The zero-order valence-corrected chi connectivity index (χ0v) is 35.1. The van der Waals surface area contributed by atoms with Gasteiger partial charge in [-0.15, -0.1) is 0 Å². The number of esters is 1. The monoisotopic (exact) mass is 794 g/mol. The van der Waals surface area contributed by atoms with Crippen LogP contribution < -0.4 is 10.4 Å². The van der Waals surface area contributed by atoms with Gasteiger partial charge in [-0.2, -0.15) is 0 Å². The standard InChI is InChI=1S/C42H70O12Si/c1-5-6-9-18-41(43)53-37-35-51-33-31-49-29-27-47-25-23-45-21-19-44-20-22-46-24-26-48-28-30-50-32-34-52-36-38-54-55(42(2,3)4,39-14-10-7-11-15-39)40-16-12-8-13-17-40/h7-8,10-17H,5-6,9,18-38H2,1-4H3. The van der Waals surface area contributed by atoms with Gasteiger partial charge in [-0.3, -0.25) is 4.79 Å². The summed E-state index contributed by atoms with van der Waals surface area (Å²) in [4.78, 5) is 11.5. The number of benzene rings is 2. The molecule has 12 nitrogen and oxygen atoms in total. The first-order chi connectivity index (χ1) is 26.9. The molecular formula is C42H70O12Si. The SMILES string of the molecule is CCCCCC(=O)OCCOCCOCCOCCOCCOCCOCCOCCOCCOCCO[Si](c1ccccc1)(c1ccccc1)C(C)(C)C. The number of carbonyl (C=O) groups excluding carboxylic acids is 1. The van der Waals surface area contributed by atoms with Gasteiger partial charge in [-0.25, -0.2) is 0 Å². The minimum atomic E-state index is -2.54. The molecule has 0 atom stereocenters. The Morgan fingerprint density at radius 1 is 0.455 bits per heavy atom. The Morgan fingerprint density at radius 2 is 0.764 bits per heavy atom. The average molecular weight is 795 g/mol. The first kappa shape index (κ1) is 48.9. The van der Waals surface area contributed by atoms with E-state index in [1.807, 2.05) is 0 Å². The number of hydrogen-bond donors (Lipinski definition) is 0. The Kier molecular flexibility index (Phi) is 29.1. The molecule has 13 heteroatoms. The van der Waals surface area contributed by atoms with Crippen molar-refractivity contribution in [1.29, 1.82) is 0 Å². The number of unbranched alkanes of at least 4 members (excludes halogenated alkanes) is 2. The second-order valence-electron chi connectivity index (χ2n) is 13.7. The molecule has 0 fully saturated rings.